The van der Waals surface area contributed by atoms with Gasteiger partial charge in [0.15, 0.2) is 0 Å². The van der Waals surface area contributed by atoms with Gasteiger partial charge in [0, 0.05) is 10.7 Å². The van der Waals surface area contributed by atoms with E-state index in [-0.39, 0.29) is 27.4 Å². The Balaban J connectivity index is 1.81. The molecule has 0 unspecified atom stereocenters. The zero-order valence-electron chi connectivity index (χ0n) is 13.3. The average Bonchev–Trinajstić information content (AvgIpc) is 2.94. The van der Waals surface area contributed by atoms with E-state index in [1.807, 2.05) is 13.0 Å². The first-order valence-corrected chi connectivity index (χ1v) is 9.45. The molecule has 1 amide bonds. The van der Waals surface area contributed by atoms with Crippen molar-refractivity contribution in [1.29, 1.82) is 5.26 Å². The van der Waals surface area contributed by atoms with Gasteiger partial charge in [-0.15, -0.1) is 23.1 Å². The summed E-state index contributed by atoms with van der Waals surface area (Å²) >= 11 is 8.12. The third-order valence-electron chi connectivity index (χ3n) is 3.47. The fraction of sp³-hybridized carbons (Fsp3) is 0.125. The summed E-state index contributed by atoms with van der Waals surface area (Å²) in [7, 11) is 0. The number of thiophene rings is 1. The first kappa shape index (κ1) is 18.3. The van der Waals surface area contributed by atoms with Crippen LogP contribution in [0.15, 0.2) is 32.0 Å². The van der Waals surface area contributed by atoms with Crippen LogP contribution in [0.3, 0.4) is 0 Å². The number of nitrogens with one attached hydrogen (secondary N) is 3. The van der Waals surface area contributed by atoms with Crippen molar-refractivity contribution in [2.75, 3.05) is 11.1 Å². The lowest BCUT2D eigenvalue weighted by atomic mass is 10.2. The van der Waals surface area contributed by atoms with Gasteiger partial charge >= 0.3 is 5.69 Å². The highest BCUT2D eigenvalue weighted by Gasteiger charge is 2.17. The molecule has 3 aromatic rings. The van der Waals surface area contributed by atoms with Crippen LogP contribution >= 0.6 is 34.7 Å². The number of aromatic amines is 2. The van der Waals surface area contributed by atoms with Crippen molar-refractivity contribution in [3.63, 3.8) is 0 Å². The van der Waals surface area contributed by atoms with E-state index in [2.05, 4.69) is 15.3 Å². The molecule has 10 heteroatoms. The summed E-state index contributed by atoms with van der Waals surface area (Å²) in [5, 5.41) is 12.6. The highest BCUT2D eigenvalue weighted by molar-refractivity contribution is 8.02. The molecule has 2 heterocycles. The molecule has 132 valence electrons. The lowest BCUT2D eigenvalue weighted by molar-refractivity contribution is -0.113. The molecule has 0 saturated carbocycles. The second-order valence-corrected chi connectivity index (χ2v) is 7.99. The largest absolute Gasteiger partial charge is 0.326 e. The lowest BCUT2D eigenvalue weighted by Gasteiger charge is -2.08. The van der Waals surface area contributed by atoms with Crippen LogP contribution in [-0.4, -0.2) is 21.6 Å². The van der Waals surface area contributed by atoms with Gasteiger partial charge in [0.25, 0.3) is 5.56 Å². The Hall–Kier alpha value is -2.54. The number of nitrogens with zero attached hydrogens (tertiary/aromatic N) is 1. The second-order valence-electron chi connectivity index (χ2n) is 5.28. The number of thioether (sulfide) groups is 1. The smallest absolute Gasteiger partial charge is 0.325 e. The van der Waals surface area contributed by atoms with Crippen molar-refractivity contribution >= 4 is 56.5 Å². The van der Waals surface area contributed by atoms with Gasteiger partial charge in [-0.2, -0.15) is 5.26 Å². The van der Waals surface area contributed by atoms with Crippen LogP contribution < -0.4 is 16.6 Å². The van der Waals surface area contributed by atoms with Crippen molar-refractivity contribution in [1.82, 2.24) is 9.97 Å². The Morgan fingerprint density at radius 3 is 2.88 bits per heavy atom. The number of hydrogen-bond donors (Lipinski definition) is 3. The molecule has 0 spiro atoms. The SMILES string of the molecule is Cc1ccc(Cl)cc1NC(=O)CSc1sc2c(=O)[nH]c(=O)[nH]c2c1C#N. The molecule has 0 aliphatic rings. The van der Waals surface area contributed by atoms with Crippen molar-refractivity contribution < 1.29 is 4.79 Å². The van der Waals surface area contributed by atoms with Gasteiger partial charge in [-0.1, -0.05) is 17.7 Å². The highest BCUT2D eigenvalue weighted by atomic mass is 35.5. The molecule has 2 aromatic heterocycles. The van der Waals surface area contributed by atoms with Crippen LogP contribution in [0.2, 0.25) is 5.02 Å². The van der Waals surface area contributed by atoms with Gasteiger partial charge < -0.3 is 10.3 Å². The van der Waals surface area contributed by atoms with E-state index < -0.39 is 11.2 Å². The normalized spacial score (nSPS) is 10.7. The Kier molecular flexibility index (Phi) is 5.18. The summed E-state index contributed by atoms with van der Waals surface area (Å²) < 4.78 is 0.738. The van der Waals surface area contributed by atoms with E-state index >= 15 is 0 Å². The Morgan fingerprint density at radius 1 is 1.38 bits per heavy atom. The monoisotopic (exact) mass is 406 g/mol. The number of benzene rings is 1. The first-order valence-electron chi connectivity index (χ1n) is 7.27. The van der Waals surface area contributed by atoms with Crippen molar-refractivity contribution in [2.45, 2.75) is 11.1 Å². The van der Waals surface area contributed by atoms with E-state index in [4.69, 9.17) is 11.6 Å². The van der Waals surface area contributed by atoms with Crippen LogP contribution in [0.1, 0.15) is 11.1 Å². The molecule has 0 fully saturated rings. The van der Waals surface area contributed by atoms with Gasteiger partial charge in [-0.05, 0) is 24.6 Å². The summed E-state index contributed by atoms with van der Waals surface area (Å²) in [5.41, 5.74) is 0.626. The van der Waals surface area contributed by atoms with Crippen molar-refractivity contribution in [2.24, 2.45) is 0 Å². The number of fused-ring (bicyclic) bond motifs is 1. The molecule has 0 radical (unpaired) electrons. The molecule has 0 atom stereocenters. The fourth-order valence-electron chi connectivity index (χ4n) is 2.24. The van der Waals surface area contributed by atoms with Crippen molar-refractivity contribution in [3.8, 4) is 6.07 Å². The number of halogens is 1. The molecule has 7 nitrogen and oxygen atoms in total. The number of carbonyl (C=O) groups is 1. The second kappa shape index (κ2) is 7.37. The quantitative estimate of drug-likeness (QED) is 0.575. The highest BCUT2D eigenvalue weighted by Crippen LogP contribution is 2.34. The summed E-state index contributed by atoms with van der Waals surface area (Å²) in [6, 6.07) is 7.17. The van der Waals surface area contributed by atoms with Crippen LogP contribution in [-0.2, 0) is 4.79 Å². The molecule has 3 N–H and O–H groups in total. The number of nitriles is 1. The number of H-pyrrole nitrogens is 2. The van der Waals surface area contributed by atoms with E-state index in [0.29, 0.717) is 14.9 Å². The number of anilines is 1. The summed E-state index contributed by atoms with van der Waals surface area (Å²) in [5.74, 6) is -0.237. The van der Waals surface area contributed by atoms with Crippen LogP contribution in [0.4, 0.5) is 5.69 Å². The summed E-state index contributed by atoms with van der Waals surface area (Å²) in [4.78, 5) is 40.1. The average molecular weight is 407 g/mol. The van der Waals surface area contributed by atoms with E-state index in [1.54, 1.807) is 18.2 Å². The third kappa shape index (κ3) is 3.67. The minimum Gasteiger partial charge on any atom is -0.325 e. The van der Waals surface area contributed by atoms with Gasteiger partial charge in [-0.25, -0.2) is 4.79 Å². The topological polar surface area (TPSA) is 119 Å². The summed E-state index contributed by atoms with van der Waals surface area (Å²) in [6.07, 6.45) is 0. The van der Waals surface area contributed by atoms with Gasteiger partial charge in [0.05, 0.1) is 15.5 Å². The van der Waals surface area contributed by atoms with E-state index in [9.17, 15) is 19.6 Å². The molecule has 3 rings (SSSR count). The van der Waals surface area contributed by atoms with Crippen LogP contribution in [0, 0.1) is 18.3 Å². The predicted molar refractivity (Wildman–Crippen MR) is 103 cm³/mol. The van der Waals surface area contributed by atoms with Crippen LogP contribution in [0.25, 0.3) is 10.2 Å². The Bertz CT molecular complexity index is 1170. The fourth-order valence-corrected chi connectivity index (χ4v) is 4.54. The van der Waals surface area contributed by atoms with Gasteiger partial charge in [0.1, 0.15) is 16.3 Å². The van der Waals surface area contributed by atoms with Gasteiger partial charge in [0.2, 0.25) is 5.91 Å². The molecule has 26 heavy (non-hydrogen) atoms. The maximum absolute atomic E-state index is 12.2. The molecule has 0 aliphatic heterocycles. The number of amides is 1. The Labute approximate surface area is 160 Å². The lowest BCUT2D eigenvalue weighted by Crippen LogP contribution is -2.20. The zero-order valence-corrected chi connectivity index (χ0v) is 15.7. The predicted octanol–water partition coefficient (Wildman–Crippen LogP) is 2.84. The molecule has 1 aromatic carbocycles. The zero-order chi connectivity index (χ0) is 18.8. The van der Waals surface area contributed by atoms with Crippen LogP contribution in [0.5, 0.6) is 0 Å². The first-order chi connectivity index (χ1) is 12.4. The standard InChI is InChI=1S/C16H11ClN4O3S2/c1-7-2-3-8(17)4-10(7)19-11(22)6-25-15-9(5-18)12-13(26-15)14(23)21-16(24)20-12/h2-4H,6H2,1H3,(H,19,22)(H2,20,21,23,24). The van der Waals surface area contributed by atoms with Gasteiger partial charge in [-0.3, -0.25) is 14.6 Å². The van der Waals surface area contributed by atoms with E-state index in [1.165, 1.54) is 0 Å². The van der Waals surface area contributed by atoms with Crippen molar-refractivity contribution in [3.05, 3.63) is 55.2 Å². The number of carbonyl (C=O) groups excluding carboxylic acids is 1. The molecule has 0 aliphatic carbocycles. The van der Waals surface area contributed by atoms with E-state index in [0.717, 1.165) is 28.7 Å². The molecule has 0 bridgehead atoms. The molecular weight excluding hydrogens is 396 g/mol. The summed E-state index contributed by atoms with van der Waals surface area (Å²) in [6.45, 7) is 1.85. The Morgan fingerprint density at radius 2 is 2.15 bits per heavy atom. The minimum atomic E-state index is -0.678. The third-order valence-corrected chi connectivity index (χ3v) is 6.16. The number of aromatic nitrogens is 2. The molecular formula is C16H11ClN4O3S2. The minimum absolute atomic E-state index is 0.0373. The number of aryl methyl sites for hydroxylation is 1. The number of rotatable bonds is 4. The maximum atomic E-state index is 12.2. The molecule has 0 saturated heterocycles. The number of hydrogen-bond acceptors (Lipinski definition) is 6. The maximum Gasteiger partial charge on any atom is 0.326 e.